The van der Waals surface area contributed by atoms with Crippen molar-refractivity contribution in [2.45, 2.75) is 13.3 Å². The lowest BCUT2D eigenvalue weighted by Gasteiger charge is -2.09. The third-order valence-electron chi connectivity index (χ3n) is 2.43. The summed E-state index contributed by atoms with van der Waals surface area (Å²) < 4.78 is 0. The molecule has 0 atom stereocenters. The van der Waals surface area contributed by atoms with Gasteiger partial charge in [0, 0.05) is 18.8 Å². The van der Waals surface area contributed by atoms with E-state index in [9.17, 15) is 9.59 Å². The zero-order valence-electron chi connectivity index (χ0n) is 11.8. The van der Waals surface area contributed by atoms with Crippen LogP contribution < -0.4 is 0 Å². The summed E-state index contributed by atoms with van der Waals surface area (Å²) in [6, 6.07) is 8.17. The zero-order valence-corrected chi connectivity index (χ0v) is 11.8. The van der Waals surface area contributed by atoms with Gasteiger partial charge in [-0.05, 0) is 19.1 Å². The Kier molecular flexibility index (Phi) is 7.78. The topological polar surface area (TPSA) is 98.1 Å². The van der Waals surface area contributed by atoms with E-state index in [1.54, 1.807) is 32.2 Å². The Morgan fingerprint density at radius 3 is 2.29 bits per heavy atom. The van der Waals surface area contributed by atoms with Crippen molar-refractivity contribution in [2.75, 3.05) is 7.05 Å². The summed E-state index contributed by atoms with van der Waals surface area (Å²) >= 11 is 0. The molecule has 0 aromatic heterocycles. The van der Waals surface area contributed by atoms with E-state index in [2.05, 4.69) is 6.04 Å². The molecule has 0 bridgehead atoms. The summed E-state index contributed by atoms with van der Waals surface area (Å²) in [6.07, 6.45) is 6.65. The van der Waals surface area contributed by atoms with Crippen molar-refractivity contribution in [2.24, 2.45) is 0 Å². The minimum Gasteiger partial charge on any atom is -0.507 e. The fourth-order valence-electron chi connectivity index (χ4n) is 1.13. The SMILES string of the molecule is C#CN(C)/C(C)=C\CC(=O)O.O=C(O)c1ccccc1O. The van der Waals surface area contributed by atoms with Gasteiger partial charge in [0.05, 0.1) is 6.42 Å². The molecule has 0 saturated heterocycles. The van der Waals surface area contributed by atoms with E-state index in [1.165, 1.54) is 17.0 Å². The molecule has 0 amide bonds. The second kappa shape index (κ2) is 9.04. The zero-order chi connectivity index (χ0) is 16.4. The van der Waals surface area contributed by atoms with Gasteiger partial charge < -0.3 is 20.2 Å². The van der Waals surface area contributed by atoms with E-state index >= 15 is 0 Å². The van der Waals surface area contributed by atoms with Crippen molar-refractivity contribution in [1.29, 1.82) is 0 Å². The second-order valence-corrected chi connectivity index (χ2v) is 3.95. The van der Waals surface area contributed by atoms with E-state index in [1.807, 2.05) is 0 Å². The van der Waals surface area contributed by atoms with Crippen molar-refractivity contribution < 1.29 is 24.9 Å². The third kappa shape index (κ3) is 7.28. The van der Waals surface area contributed by atoms with E-state index in [0.717, 1.165) is 5.70 Å². The first-order chi connectivity index (χ1) is 9.79. The summed E-state index contributed by atoms with van der Waals surface area (Å²) in [5.74, 6) is -2.16. The van der Waals surface area contributed by atoms with Gasteiger partial charge >= 0.3 is 11.9 Å². The smallest absolute Gasteiger partial charge is 0.339 e. The molecule has 1 aromatic carbocycles. The van der Waals surface area contributed by atoms with Crippen LogP contribution in [0, 0.1) is 12.5 Å². The number of aromatic hydroxyl groups is 1. The van der Waals surface area contributed by atoms with E-state index in [4.69, 9.17) is 21.7 Å². The Morgan fingerprint density at radius 2 is 1.90 bits per heavy atom. The molecular weight excluding hydrogens is 274 g/mol. The van der Waals surface area contributed by atoms with Gasteiger partial charge in [-0.15, -0.1) is 0 Å². The lowest BCUT2D eigenvalue weighted by molar-refractivity contribution is -0.136. The highest BCUT2D eigenvalue weighted by atomic mass is 16.4. The van der Waals surface area contributed by atoms with Crippen LogP contribution in [-0.4, -0.2) is 39.2 Å². The fourth-order valence-corrected chi connectivity index (χ4v) is 1.13. The maximum absolute atomic E-state index is 10.3. The number of carboxylic acid groups (broad SMARTS) is 2. The quantitative estimate of drug-likeness (QED) is 0.579. The van der Waals surface area contributed by atoms with Crippen LogP contribution in [0.1, 0.15) is 23.7 Å². The molecule has 1 aromatic rings. The molecule has 0 spiro atoms. The Labute approximate surface area is 122 Å². The van der Waals surface area contributed by atoms with Gasteiger partial charge in [-0.25, -0.2) is 4.79 Å². The Balaban J connectivity index is 0.000000382. The lowest BCUT2D eigenvalue weighted by atomic mass is 10.2. The molecule has 0 heterocycles. The largest absolute Gasteiger partial charge is 0.507 e. The summed E-state index contributed by atoms with van der Waals surface area (Å²) in [6.45, 7) is 1.77. The van der Waals surface area contributed by atoms with Crippen molar-refractivity contribution in [3.8, 4) is 18.2 Å². The lowest BCUT2D eigenvalue weighted by Crippen LogP contribution is -2.08. The van der Waals surface area contributed by atoms with Crippen LogP contribution in [0.4, 0.5) is 0 Å². The predicted molar refractivity (Wildman–Crippen MR) is 77.7 cm³/mol. The van der Waals surface area contributed by atoms with Crippen molar-refractivity contribution in [1.82, 2.24) is 4.90 Å². The highest BCUT2D eigenvalue weighted by molar-refractivity contribution is 5.90. The number of hydrogen-bond acceptors (Lipinski definition) is 4. The fraction of sp³-hybridized carbons (Fsp3) is 0.200. The summed E-state index contributed by atoms with van der Waals surface area (Å²) in [7, 11) is 1.70. The third-order valence-corrected chi connectivity index (χ3v) is 2.43. The number of allylic oxidation sites excluding steroid dienone is 1. The molecule has 0 saturated carbocycles. The van der Waals surface area contributed by atoms with Crippen LogP contribution in [-0.2, 0) is 4.79 Å². The van der Waals surface area contributed by atoms with E-state index in [-0.39, 0.29) is 17.7 Å². The number of aliphatic carboxylic acids is 1. The molecule has 6 heteroatoms. The molecule has 6 nitrogen and oxygen atoms in total. The number of nitrogens with zero attached hydrogens (tertiary/aromatic N) is 1. The minimum atomic E-state index is -1.11. The molecule has 0 aliphatic carbocycles. The number of phenols is 1. The van der Waals surface area contributed by atoms with Crippen LogP contribution in [0.2, 0.25) is 0 Å². The van der Waals surface area contributed by atoms with Gasteiger partial charge in [0.1, 0.15) is 11.3 Å². The van der Waals surface area contributed by atoms with Gasteiger partial charge in [-0.1, -0.05) is 24.6 Å². The molecule has 21 heavy (non-hydrogen) atoms. The molecular formula is C15H17NO5. The van der Waals surface area contributed by atoms with Crippen LogP contribution in [0.3, 0.4) is 0 Å². The monoisotopic (exact) mass is 291 g/mol. The number of carbonyl (C=O) groups is 2. The Bertz CT molecular complexity index is 572. The summed E-state index contributed by atoms with van der Waals surface area (Å²) in [5.41, 5.74) is 0.706. The van der Waals surface area contributed by atoms with Gasteiger partial charge in [0.2, 0.25) is 0 Å². The molecule has 0 aliphatic rings. The summed E-state index contributed by atoms with van der Waals surface area (Å²) in [4.78, 5) is 21.9. The van der Waals surface area contributed by atoms with Crippen LogP contribution in [0.15, 0.2) is 36.0 Å². The number of para-hydroxylation sites is 1. The average Bonchev–Trinajstić information content (AvgIpc) is 2.44. The molecule has 0 unspecified atom stereocenters. The van der Waals surface area contributed by atoms with Crippen LogP contribution in [0.25, 0.3) is 0 Å². The number of benzene rings is 1. The summed E-state index contributed by atoms with van der Waals surface area (Å²) in [5, 5.41) is 25.6. The number of hydrogen-bond donors (Lipinski definition) is 3. The minimum absolute atomic E-state index is 0.0118. The van der Waals surface area contributed by atoms with Crippen molar-refractivity contribution >= 4 is 11.9 Å². The Hall–Kier alpha value is -2.94. The van der Waals surface area contributed by atoms with Crippen molar-refractivity contribution in [3.05, 3.63) is 41.6 Å². The maximum atomic E-state index is 10.3. The van der Waals surface area contributed by atoms with Gasteiger partial charge in [0.25, 0.3) is 0 Å². The van der Waals surface area contributed by atoms with Gasteiger partial charge in [-0.3, -0.25) is 4.79 Å². The highest BCUT2D eigenvalue weighted by Gasteiger charge is 2.05. The normalized spacial score (nSPS) is 9.86. The average molecular weight is 291 g/mol. The first kappa shape index (κ1) is 18.1. The standard InChI is InChI=1S/C8H11NO2.C7H6O3/c1-4-9(3)7(2)5-6-8(10)11;8-6-4-2-1-3-5(6)7(9)10/h1,5H,6H2,2-3H3,(H,10,11);1-4,8H,(H,9,10)/b7-5-;. The number of terminal acetylenes is 1. The highest BCUT2D eigenvalue weighted by Crippen LogP contribution is 2.14. The van der Waals surface area contributed by atoms with Crippen LogP contribution >= 0.6 is 0 Å². The molecule has 3 N–H and O–H groups in total. The number of aromatic carboxylic acids is 1. The second-order valence-electron chi connectivity index (χ2n) is 3.95. The van der Waals surface area contributed by atoms with Gasteiger partial charge in [-0.2, -0.15) is 0 Å². The first-order valence-electron chi connectivity index (χ1n) is 5.89. The van der Waals surface area contributed by atoms with Crippen molar-refractivity contribution in [3.63, 3.8) is 0 Å². The van der Waals surface area contributed by atoms with Gasteiger partial charge in [0.15, 0.2) is 0 Å². The number of carboxylic acids is 2. The number of rotatable bonds is 4. The molecule has 0 radical (unpaired) electrons. The first-order valence-corrected chi connectivity index (χ1v) is 5.89. The molecule has 1 rings (SSSR count). The van der Waals surface area contributed by atoms with E-state index < -0.39 is 11.9 Å². The Morgan fingerprint density at radius 1 is 1.33 bits per heavy atom. The van der Waals surface area contributed by atoms with E-state index in [0.29, 0.717) is 0 Å². The molecule has 0 aliphatic heterocycles. The van der Waals surface area contributed by atoms with Crippen LogP contribution in [0.5, 0.6) is 5.75 Å². The maximum Gasteiger partial charge on any atom is 0.339 e. The molecule has 0 fully saturated rings. The molecule has 112 valence electrons. The predicted octanol–water partition coefficient (Wildman–Crippen LogP) is 1.98.